The van der Waals surface area contributed by atoms with Gasteiger partial charge in [-0.05, 0) is 30.7 Å². The molecule has 15 heavy (non-hydrogen) atoms. The van der Waals surface area contributed by atoms with Gasteiger partial charge in [0.1, 0.15) is 5.75 Å². The molecule has 0 aliphatic carbocycles. The highest BCUT2D eigenvalue weighted by atomic mass is 16.5. The van der Waals surface area contributed by atoms with Crippen LogP contribution in [0, 0.1) is 0 Å². The van der Waals surface area contributed by atoms with Crippen molar-refractivity contribution in [1.29, 1.82) is 0 Å². The predicted octanol–water partition coefficient (Wildman–Crippen LogP) is 2.27. The van der Waals surface area contributed by atoms with E-state index >= 15 is 0 Å². The van der Waals surface area contributed by atoms with E-state index in [2.05, 4.69) is 4.74 Å². The zero-order chi connectivity index (χ0) is 11.3. The Bertz CT molecular complexity index is 380. The van der Waals surface area contributed by atoms with Crippen molar-refractivity contribution in [3.8, 4) is 5.75 Å². The van der Waals surface area contributed by atoms with Crippen LogP contribution in [0.15, 0.2) is 29.8 Å². The van der Waals surface area contributed by atoms with E-state index < -0.39 is 0 Å². The molecule has 0 N–H and O–H groups in total. The minimum atomic E-state index is -0.321. The summed E-state index contributed by atoms with van der Waals surface area (Å²) in [7, 11) is 2.97. The highest BCUT2D eigenvalue weighted by Gasteiger charge is 2.02. The Balaban J connectivity index is 2.92. The van der Waals surface area contributed by atoms with Gasteiger partial charge < -0.3 is 9.47 Å². The van der Waals surface area contributed by atoms with Gasteiger partial charge in [-0.2, -0.15) is 0 Å². The molecule has 0 heterocycles. The third-order valence-corrected chi connectivity index (χ3v) is 1.98. The first-order valence-corrected chi connectivity index (χ1v) is 4.58. The molecule has 0 aliphatic rings. The Morgan fingerprint density at radius 2 is 2.07 bits per heavy atom. The van der Waals surface area contributed by atoms with Gasteiger partial charge in [0, 0.05) is 5.57 Å². The largest absolute Gasteiger partial charge is 0.497 e. The molecular weight excluding hydrogens is 192 g/mol. The van der Waals surface area contributed by atoms with Crippen LogP contribution in [-0.2, 0) is 9.53 Å². The van der Waals surface area contributed by atoms with E-state index in [0.29, 0.717) is 5.57 Å². The van der Waals surface area contributed by atoms with Crippen molar-refractivity contribution >= 4 is 12.0 Å². The third-order valence-electron chi connectivity index (χ3n) is 1.98. The standard InChI is InChI=1S/C12H14O3/c1-9(12(13)15-3)7-10-5-4-6-11(8-10)14-2/h4-8H,1-3H3. The van der Waals surface area contributed by atoms with Gasteiger partial charge in [-0.3, -0.25) is 0 Å². The maximum absolute atomic E-state index is 11.1. The monoisotopic (exact) mass is 206 g/mol. The summed E-state index contributed by atoms with van der Waals surface area (Å²) >= 11 is 0. The first-order valence-electron chi connectivity index (χ1n) is 4.58. The van der Waals surface area contributed by atoms with Crippen LogP contribution < -0.4 is 4.74 Å². The minimum absolute atomic E-state index is 0.321. The van der Waals surface area contributed by atoms with Gasteiger partial charge in [0.25, 0.3) is 0 Å². The topological polar surface area (TPSA) is 35.5 Å². The van der Waals surface area contributed by atoms with Crippen molar-refractivity contribution < 1.29 is 14.3 Å². The number of ether oxygens (including phenoxy) is 2. The normalized spacial score (nSPS) is 11.0. The van der Waals surface area contributed by atoms with Crippen LogP contribution in [0.4, 0.5) is 0 Å². The summed E-state index contributed by atoms with van der Waals surface area (Å²) < 4.78 is 9.68. The fourth-order valence-electron chi connectivity index (χ4n) is 1.20. The maximum atomic E-state index is 11.1. The molecule has 0 radical (unpaired) electrons. The van der Waals surface area contributed by atoms with E-state index in [-0.39, 0.29) is 5.97 Å². The molecule has 1 aromatic rings. The lowest BCUT2D eigenvalue weighted by molar-refractivity contribution is -0.135. The van der Waals surface area contributed by atoms with E-state index in [1.54, 1.807) is 20.1 Å². The Morgan fingerprint density at radius 3 is 2.67 bits per heavy atom. The van der Waals surface area contributed by atoms with Gasteiger partial charge in [0.2, 0.25) is 0 Å². The van der Waals surface area contributed by atoms with Crippen LogP contribution in [0.1, 0.15) is 12.5 Å². The molecule has 0 fully saturated rings. The number of rotatable bonds is 3. The molecule has 1 rings (SSSR count). The number of methoxy groups -OCH3 is 2. The second kappa shape index (κ2) is 5.20. The van der Waals surface area contributed by atoms with Crippen LogP contribution in [0.5, 0.6) is 5.75 Å². The third kappa shape index (κ3) is 3.13. The molecular formula is C12H14O3. The summed E-state index contributed by atoms with van der Waals surface area (Å²) in [5, 5.41) is 0. The van der Waals surface area contributed by atoms with E-state index in [1.165, 1.54) is 7.11 Å². The van der Waals surface area contributed by atoms with Gasteiger partial charge >= 0.3 is 5.97 Å². The van der Waals surface area contributed by atoms with Gasteiger partial charge in [-0.25, -0.2) is 4.79 Å². The average molecular weight is 206 g/mol. The summed E-state index contributed by atoms with van der Waals surface area (Å²) in [4.78, 5) is 11.1. The van der Waals surface area contributed by atoms with Crippen molar-refractivity contribution in [3.05, 3.63) is 35.4 Å². The van der Waals surface area contributed by atoms with Crippen LogP contribution in [-0.4, -0.2) is 20.2 Å². The number of carbonyl (C=O) groups is 1. The summed E-state index contributed by atoms with van der Waals surface area (Å²) in [5.74, 6) is 0.444. The number of esters is 1. The minimum Gasteiger partial charge on any atom is -0.497 e. The molecule has 0 aromatic heterocycles. The van der Waals surface area contributed by atoms with E-state index in [1.807, 2.05) is 24.3 Å². The molecule has 0 unspecified atom stereocenters. The summed E-state index contributed by atoms with van der Waals surface area (Å²) in [5.41, 5.74) is 1.48. The van der Waals surface area contributed by atoms with Crippen molar-refractivity contribution in [2.45, 2.75) is 6.92 Å². The fourth-order valence-corrected chi connectivity index (χ4v) is 1.20. The smallest absolute Gasteiger partial charge is 0.333 e. The maximum Gasteiger partial charge on any atom is 0.333 e. The number of hydrogen-bond acceptors (Lipinski definition) is 3. The van der Waals surface area contributed by atoms with Crippen molar-refractivity contribution in [3.63, 3.8) is 0 Å². The van der Waals surface area contributed by atoms with Gasteiger partial charge in [0.05, 0.1) is 14.2 Å². The molecule has 1 aromatic carbocycles. The molecule has 3 heteroatoms. The second-order valence-electron chi connectivity index (χ2n) is 3.10. The van der Waals surface area contributed by atoms with Crippen LogP contribution in [0.25, 0.3) is 6.08 Å². The summed E-state index contributed by atoms with van der Waals surface area (Å²) in [6.07, 6.45) is 1.76. The summed E-state index contributed by atoms with van der Waals surface area (Å²) in [6.45, 7) is 1.71. The number of benzene rings is 1. The molecule has 80 valence electrons. The van der Waals surface area contributed by atoms with Gasteiger partial charge in [-0.15, -0.1) is 0 Å². The second-order valence-corrected chi connectivity index (χ2v) is 3.10. The number of carbonyl (C=O) groups excluding carboxylic acids is 1. The van der Waals surface area contributed by atoms with Gasteiger partial charge in [-0.1, -0.05) is 12.1 Å². The molecule has 0 atom stereocenters. The summed E-state index contributed by atoms with van der Waals surface area (Å²) in [6, 6.07) is 7.47. The molecule has 0 aliphatic heterocycles. The van der Waals surface area contributed by atoms with E-state index in [4.69, 9.17) is 4.74 Å². The zero-order valence-electron chi connectivity index (χ0n) is 9.11. The van der Waals surface area contributed by atoms with Crippen LogP contribution >= 0.6 is 0 Å². The average Bonchev–Trinajstić information content (AvgIpc) is 2.28. The predicted molar refractivity (Wildman–Crippen MR) is 58.7 cm³/mol. The Kier molecular flexibility index (Phi) is 3.92. The SMILES string of the molecule is COC(=O)C(C)=Cc1cccc(OC)c1. The zero-order valence-corrected chi connectivity index (χ0v) is 9.11. The fraction of sp³-hybridized carbons (Fsp3) is 0.250. The van der Waals surface area contributed by atoms with Crippen LogP contribution in [0.3, 0.4) is 0 Å². The Labute approximate surface area is 89.3 Å². The molecule has 0 amide bonds. The Hall–Kier alpha value is -1.77. The quantitative estimate of drug-likeness (QED) is 0.562. The first-order chi connectivity index (χ1) is 7.17. The highest BCUT2D eigenvalue weighted by Crippen LogP contribution is 2.15. The van der Waals surface area contributed by atoms with Crippen molar-refractivity contribution in [1.82, 2.24) is 0 Å². The van der Waals surface area contributed by atoms with E-state index in [9.17, 15) is 4.79 Å². The molecule has 3 nitrogen and oxygen atoms in total. The molecule has 0 saturated heterocycles. The van der Waals surface area contributed by atoms with E-state index in [0.717, 1.165) is 11.3 Å². The lowest BCUT2D eigenvalue weighted by Gasteiger charge is -2.02. The molecule has 0 bridgehead atoms. The first kappa shape index (κ1) is 11.3. The molecule has 0 saturated carbocycles. The highest BCUT2D eigenvalue weighted by molar-refractivity contribution is 5.92. The van der Waals surface area contributed by atoms with Crippen molar-refractivity contribution in [2.75, 3.05) is 14.2 Å². The van der Waals surface area contributed by atoms with Gasteiger partial charge in [0.15, 0.2) is 0 Å². The van der Waals surface area contributed by atoms with Crippen LogP contribution in [0.2, 0.25) is 0 Å². The lowest BCUT2D eigenvalue weighted by atomic mass is 10.1. The molecule has 0 spiro atoms. The number of hydrogen-bond donors (Lipinski definition) is 0. The Morgan fingerprint density at radius 1 is 1.33 bits per heavy atom. The lowest BCUT2D eigenvalue weighted by Crippen LogP contribution is -2.00. The van der Waals surface area contributed by atoms with Crippen molar-refractivity contribution in [2.24, 2.45) is 0 Å².